The second-order valence-corrected chi connectivity index (χ2v) is 4.64. The first-order valence-electron chi connectivity index (χ1n) is 6.69. The molecular formula is C16H17N3O3. The molecule has 3 amide bonds. The molecule has 6 nitrogen and oxygen atoms in total. The van der Waals surface area contributed by atoms with Crippen molar-refractivity contribution in [1.82, 2.24) is 5.32 Å². The first kappa shape index (κ1) is 15.4. The van der Waals surface area contributed by atoms with Crippen LogP contribution in [0.3, 0.4) is 0 Å². The smallest absolute Gasteiger partial charge is 0.321 e. The van der Waals surface area contributed by atoms with Crippen LogP contribution in [0.25, 0.3) is 0 Å². The van der Waals surface area contributed by atoms with Crippen molar-refractivity contribution < 1.29 is 14.3 Å². The van der Waals surface area contributed by atoms with E-state index in [1.165, 1.54) is 0 Å². The highest BCUT2D eigenvalue weighted by atomic mass is 16.5. The van der Waals surface area contributed by atoms with Crippen LogP contribution in [0, 0.1) is 6.92 Å². The summed E-state index contributed by atoms with van der Waals surface area (Å²) in [6.45, 7) is 1.99. The maximum atomic E-state index is 11.8. The zero-order valence-corrected chi connectivity index (χ0v) is 12.1. The van der Waals surface area contributed by atoms with Crippen molar-refractivity contribution in [1.29, 1.82) is 0 Å². The average molecular weight is 299 g/mol. The Kier molecular flexibility index (Phi) is 4.98. The van der Waals surface area contributed by atoms with Crippen molar-refractivity contribution in [2.75, 3.05) is 12.0 Å². The van der Waals surface area contributed by atoms with Crippen molar-refractivity contribution in [3.05, 3.63) is 59.7 Å². The number of aryl methyl sites for hydroxylation is 1. The molecule has 0 aliphatic carbocycles. The summed E-state index contributed by atoms with van der Waals surface area (Å²) in [6.07, 6.45) is 0. The van der Waals surface area contributed by atoms with Crippen molar-refractivity contribution in [3.8, 4) is 5.75 Å². The largest absolute Gasteiger partial charge is 0.473 e. The number of amides is 3. The minimum absolute atomic E-state index is 0.00757. The molecule has 2 rings (SSSR count). The van der Waals surface area contributed by atoms with Gasteiger partial charge in [0.2, 0.25) is 0 Å². The maximum absolute atomic E-state index is 11.8. The third-order valence-electron chi connectivity index (χ3n) is 2.93. The molecule has 114 valence electrons. The highest BCUT2D eigenvalue weighted by Crippen LogP contribution is 2.14. The zero-order chi connectivity index (χ0) is 15.9. The van der Waals surface area contributed by atoms with Gasteiger partial charge in [0.15, 0.2) is 6.73 Å². The first-order valence-corrected chi connectivity index (χ1v) is 6.69. The average Bonchev–Trinajstić information content (AvgIpc) is 2.49. The quantitative estimate of drug-likeness (QED) is 0.739. The Hall–Kier alpha value is -3.02. The molecule has 0 saturated carbocycles. The number of carbonyl (C=O) groups excluding carboxylic acids is 2. The Morgan fingerprint density at radius 2 is 1.77 bits per heavy atom. The summed E-state index contributed by atoms with van der Waals surface area (Å²) in [6, 6.07) is 13.5. The third-order valence-corrected chi connectivity index (χ3v) is 2.93. The second-order valence-electron chi connectivity index (χ2n) is 4.64. The van der Waals surface area contributed by atoms with Crippen molar-refractivity contribution >= 4 is 17.6 Å². The van der Waals surface area contributed by atoms with Gasteiger partial charge >= 0.3 is 6.03 Å². The lowest BCUT2D eigenvalue weighted by Gasteiger charge is -2.11. The Bertz CT molecular complexity index is 669. The summed E-state index contributed by atoms with van der Waals surface area (Å²) < 4.78 is 5.38. The van der Waals surface area contributed by atoms with Crippen LogP contribution >= 0.6 is 0 Å². The number of para-hydroxylation sites is 1. The number of ether oxygens (including phenoxy) is 1. The van der Waals surface area contributed by atoms with Crippen LogP contribution in [0.1, 0.15) is 15.9 Å². The van der Waals surface area contributed by atoms with Gasteiger partial charge in [0.25, 0.3) is 5.91 Å². The van der Waals surface area contributed by atoms with Gasteiger partial charge < -0.3 is 21.1 Å². The number of hydrogen-bond acceptors (Lipinski definition) is 3. The van der Waals surface area contributed by atoms with Gasteiger partial charge in [-0.15, -0.1) is 0 Å². The van der Waals surface area contributed by atoms with Gasteiger partial charge in [0.1, 0.15) is 5.75 Å². The third kappa shape index (κ3) is 4.24. The fourth-order valence-corrected chi connectivity index (χ4v) is 1.79. The second kappa shape index (κ2) is 7.12. The molecule has 2 aromatic rings. The molecular weight excluding hydrogens is 282 g/mol. The Labute approximate surface area is 128 Å². The van der Waals surface area contributed by atoms with Crippen LogP contribution in [0.2, 0.25) is 0 Å². The van der Waals surface area contributed by atoms with E-state index in [0.29, 0.717) is 11.4 Å². The van der Waals surface area contributed by atoms with Gasteiger partial charge in [-0.05, 0) is 31.2 Å². The van der Waals surface area contributed by atoms with Gasteiger partial charge in [-0.3, -0.25) is 4.79 Å². The molecule has 0 heterocycles. The number of hydrogen-bond donors (Lipinski definition) is 3. The molecule has 0 saturated heterocycles. The molecule has 0 bridgehead atoms. The van der Waals surface area contributed by atoms with Crippen LogP contribution < -0.4 is 21.1 Å². The van der Waals surface area contributed by atoms with Gasteiger partial charge in [-0.1, -0.05) is 29.8 Å². The number of carbonyl (C=O) groups is 2. The molecule has 2 aromatic carbocycles. The van der Waals surface area contributed by atoms with Crippen molar-refractivity contribution in [2.24, 2.45) is 5.73 Å². The minimum atomic E-state index is -0.605. The first-order chi connectivity index (χ1) is 10.6. The van der Waals surface area contributed by atoms with E-state index < -0.39 is 11.9 Å². The van der Waals surface area contributed by atoms with Gasteiger partial charge in [0.05, 0.1) is 11.3 Å². The van der Waals surface area contributed by atoms with E-state index in [0.717, 1.165) is 5.56 Å². The molecule has 0 fully saturated rings. The Balaban J connectivity index is 1.86. The summed E-state index contributed by atoms with van der Waals surface area (Å²) in [4.78, 5) is 23.0. The van der Waals surface area contributed by atoms with Crippen LogP contribution in [-0.4, -0.2) is 18.7 Å². The van der Waals surface area contributed by atoms with Gasteiger partial charge in [0, 0.05) is 0 Å². The summed E-state index contributed by atoms with van der Waals surface area (Å²) in [7, 11) is 0. The summed E-state index contributed by atoms with van der Waals surface area (Å²) >= 11 is 0. The highest BCUT2D eigenvalue weighted by molar-refractivity contribution is 6.02. The molecule has 6 heteroatoms. The minimum Gasteiger partial charge on any atom is -0.473 e. The molecule has 0 aliphatic heterocycles. The predicted octanol–water partition coefficient (Wildman–Crippen LogP) is 2.25. The summed E-state index contributed by atoms with van der Waals surface area (Å²) in [5.74, 6) is 0.0511. The number of nitrogens with two attached hydrogens (primary N) is 1. The van der Waals surface area contributed by atoms with E-state index >= 15 is 0 Å². The van der Waals surface area contributed by atoms with Crippen LogP contribution in [0.5, 0.6) is 5.75 Å². The van der Waals surface area contributed by atoms with Crippen molar-refractivity contribution in [2.45, 2.75) is 6.92 Å². The van der Waals surface area contributed by atoms with Gasteiger partial charge in [-0.2, -0.15) is 0 Å². The molecule has 0 spiro atoms. The fourth-order valence-electron chi connectivity index (χ4n) is 1.79. The number of primary amides is 1. The maximum Gasteiger partial charge on any atom is 0.321 e. The predicted molar refractivity (Wildman–Crippen MR) is 83.8 cm³/mol. The molecule has 0 aromatic heterocycles. The summed E-state index contributed by atoms with van der Waals surface area (Å²) in [5.41, 5.74) is 6.97. The normalized spacial score (nSPS) is 9.86. The topological polar surface area (TPSA) is 93.4 Å². The van der Waals surface area contributed by atoms with E-state index in [-0.39, 0.29) is 12.3 Å². The number of anilines is 1. The standard InChI is InChI=1S/C16H17N3O3/c1-11-6-8-12(9-7-11)22-10-18-16(21)19-14-5-3-2-4-13(14)15(17)20/h2-9H,10H2,1H3,(H2,17,20)(H2,18,19,21). The Morgan fingerprint density at radius 1 is 1.09 bits per heavy atom. The number of benzene rings is 2. The lowest BCUT2D eigenvalue weighted by Crippen LogP contribution is -2.32. The summed E-state index contributed by atoms with van der Waals surface area (Å²) in [5, 5.41) is 5.09. The zero-order valence-electron chi connectivity index (χ0n) is 12.1. The van der Waals surface area contributed by atoms with Crippen molar-refractivity contribution in [3.63, 3.8) is 0 Å². The molecule has 0 atom stereocenters. The lowest BCUT2D eigenvalue weighted by atomic mass is 10.1. The van der Waals surface area contributed by atoms with E-state index in [4.69, 9.17) is 10.5 Å². The SMILES string of the molecule is Cc1ccc(OCNC(=O)Nc2ccccc2C(N)=O)cc1. The van der Waals surface area contributed by atoms with Crippen LogP contribution in [0.15, 0.2) is 48.5 Å². The fraction of sp³-hybridized carbons (Fsp3) is 0.125. The number of nitrogens with one attached hydrogen (secondary N) is 2. The molecule has 0 aliphatic rings. The lowest BCUT2D eigenvalue weighted by molar-refractivity contribution is 0.100. The van der Waals surface area contributed by atoms with E-state index in [9.17, 15) is 9.59 Å². The van der Waals surface area contributed by atoms with Crippen LogP contribution in [0.4, 0.5) is 10.5 Å². The van der Waals surface area contributed by atoms with Crippen LogP contribution in [-0.2, 0) is 0 Å². The molecule has 0 radical (unpaired) electrons. The van der Waals surface area contributed by atoms with E-state index in [2.05, 4.69) is 10.6 Å². The molecule has 0 unspecified atom stereocenters. The number of urea groups is 1. The number of rotatable bonds is 5. The monoisotopic (exact) mass is 299 g/mol. The molecule has 4 N–H and O–H groups in total. The van der Waals surface area contributed by atoms with E-state index in [1.54, 1.807) is 24.3 Å². The molecule has 22 heavy (non-hydrogen) atoms. The Morgan fingerprint density at radius 3 is 2.45 bits per heavy atom. The van der Waals surface area contributed by atoms with E-state index in [1.807, 2.05) is 31.2 Å². The van der Waals surface area contributed by atoms with Gasteiger partial charge in [-0.25, -0.2) is 4.79 Å². The highest BCUT2D eigenvalue weighted by Gasteiger charge is 2.09.